The molecule has 0 aliphatic carbocycles. The maximum atomic E-state index is 11.8. The molecule has 5 heteroatoms. The molecule has 0 bridgehead atoms. The van der Waals surface area contributed by atoms with Crippen molar-refractivity contribution in [3.63, 3.8) is 0 Å². The van der Waals surface area contributed by atoms with Crippen molar-refractivity contribution in [2.24, 2.45) is 0 Å². The van der Waals surface area contributed by atoms with Crippen molar-refractivity contribution in [1.82, 2.24) is 0 Å². The Labute approximate surface area is 138 Å². The van der Waals surface area contributed by atoms with Crippen molar-refractivity contribution in [1.29, 1.82) is 0 Å². The minimum Gasteiger partial charge on any atom is -0.457 e. The van der Waals surface area contributed by atoms with E-state index in [1.54, 1.807) is 18.2 Å². The predicted octanol–water partition coefficient (Wildman–Crippen LogP) is 5.59. The van der Waals surface area contributed by atoms with Gasteiger partial charge >= 0.3 is 6.09 Å². The summed E-state index contributed by atoms with van der Waals surface area (Å²) < 4.78 is 11.9. The highest BCUT2D eigenvalue weighted by Crippen LogP contribution is 2.25. The predicted molar refractivity (Wildman–Crippen MR) is 90.5 cm³/mol. The second kappa shape index (κ2) is 6.83. The first-order chi connectivity index (χ1) is 10.3. The molecule has 2 aromatic carbocycles. The Morgan fingerprint density at radius 3 is 2.36 bits per heavy atom. The van der Waals surface area contributed by atoms with Crippen molar-refractivity contribution in [2.75, 3.05) is 5.32 Å². The van der Waals surface area contributed by atoms with Crippen LogP contribution in [0.5, 0.6) is 11.5 Å². The topological polar surface area (TPSA) is 47.6 Å². The van der Waals surface area contributed by atoms with E-state index in [9.17, 15) is 4.79 Å². The van der Waals surface area contributed by atoms with Gasteiger partial charge in [-0.05, 0) is 57.2 Å². The lowest BCUT2D eigenvalue weighted by molar-refractivity contribution is 0.0636. The quantitative estimate of drug-likeness (QED) is 0.773. The highest BCUT2D eigenvalue weighted by Gasteiger charge is 2.16. The van der Waals surface area contributed by atoms with Gasteiger partial charge in [-0.25, -0.2) is 4.79 Å². The first kappa shape index (κ1) is 16.4. The van der Waals surface area contributed by atoms with E-state index < -0.39 is 11.7 Å². The van der Waals surface area contributed by atoms with E-state index in [2.05, 4.69) is 21.2 Å². The van der Waals surface area contributed by atoms with E-state index in [1.807, 2.05) is 51.1 Å². The molecule has 4 nitrogen and oxygen atoms in total. The average molecular weight is 364 g/mol. The van der Waals surface area contributed by atoms with Gasteiger partial charge in [-0.3, -0.25) is 5.32 Å². The van der Waals surface area contributed by atoms with Crippen molar-refractivity contribution in [2.45, 2.75) is 26.4 Å². The number of halogens is 1. The largest absolute Gasteiger partial charge is 0.457 e. The minimum absolute atomic E-state index is 0.492. The second-order valence-corrected chi connectivity index (χ2v) is 6.63. The summed E-state index contributed by atoms with van der Waals surface area (Å²) in [5.74, 6) is 1.36. The molecule has 2 aromatic rings. The summed E-state index contributed by atoms with van der Waals surface area (Å²) >= 11 is 3.38. The number of carbonyl (C=O) groups excluding carboxylic acids is 1. The average Bonchev–Trinajstić information content (AvgIpc) is 2.39. The molecule has 0 aliphatic heterocycles. The Kier molecular flexibility index (Phi) is 5.08. The van der Waals surface area contributed by atoms with Gasteiger partial charge in [-0.15, -0.1) is 0 Å². The van der Waals surface area contributed by atoms with Gasteiger partial charge in [-0.2, -0.15) is 0 Å². The third-order valence-electron chi connectivity index (χ3n) is 2.53. The van der Waals surface area contributed by atoms with Crippen molar-refractivity contribution in [3.8, 4) is 11.5 Å². The van der Waals surface area contributed by atoms with Crippen LogP contribution in [0.3, 0.4) is 0 Å². The summed E-state index contributed by atoms with van der Waals surface area (Å²) in [5.41, 5.74) is 0.0826. The monoisotopic (exact) mass is 363 g/mol. The van der Waals surface area contributed by atoms with E-state index in [4.69, 9.17) is 9.47 Å². The molecule has 0 spiro atoms. The molecular formula is C17H18BrNO3. The van der Waals surface area contributed by atoms with Crippen LogP contribution in [0.4, 0.5) is 10.5 Å². The minimum atomic E-state index is -0.532. The Morgan fingerprint density at radius 1 is 1.05 bits per heavy atom. The van der Waals surface area contributed by atoms with E-state index in [0.717, 1.165) is 10.2 Å². The lowest BCUT2D eigenvalue weighted by Gasteiger charge is -2.19. The summed E-state index contributed by atoms with van der Waals surface area (Å²) in [7, 11) is 0. The normalized spacial score (nSPS) is 10.9. The number of amides is 1. The molecule has 116 valence electrons. The molecule has 0 radical (unpaired) electrons. The molecule has 0 saturated heterocycles. The van der Waals surface area contributed by atoms with Gasteiger partial charge in [0.1, 0.15) is 17.1 Å². The molecule has 0 aliphatic rings. The van der Waals surface area contributed by atoms with Gasteiger partial charge < -0.3 is 9.47 Å². The lowest BCUT2D eigenvalue weighted by Crippen LogP contribution is -2.27. The molecular weight excluding hydrogens is 346 g/mol. The number of hydrogen-bond acceptors (Lipinski definition) is 3. The molecule has 1 N–H and O–H groups in total. The molecule has 0 heterocycles. The lowest BCUT2D eigenvalue weighted by atomic mass is 10.2. The van der Waals surface area contributed by atoms with Crippen LogP contribution in [-0.4, -0.2) is 11.7 Å². The molecule has 0 saturated carbocycles. The van der Waals surface area contributed by atoms with Crippen LogP contribution in [0.1, 0.15) is 20.8 Å². The summed E-state index contributed by atoms with van der Waals surface area (Å²) in [4.78, 5) is 11.8. The van der Waals surface area contributed by atoms with Crippen LogP contribution >= 0.6 is 15.9 Å². The van der Waals surface area contributed by atoms with E-state index in [0.29, 0.717) is 11.4 Å². The number of rotatable bonds is 3. The second-order valence-electron chi connectivity index (χ2n) is 5.71. The first-order valence-corrected chi connectivity index (χ1v) is 7.65. The summed E-state index contributed by atoms with van der Waals surface area (Å²) in [5, 5.41) is 2.69. The molecule has 1 amide bonds. The highest BCUT2D eigenvalue weighted by molar-refractivity contribution is 9.10. The zero-order valence-corrected chi connectivity index (χ0v) is 14.3. The Balaban J connectivity index is 2.03. The van der Waals surface area contributed by atoms with E-state index in [1.165, 1.54) is 0 Å². The fourth-order valence-corrected chi connectivity index (χ4v) is 1.96. The summed E-state index contributed by atoms with van der Waals surface area (Å²) in [6.07, 6.45) is -0.492. The number of hydrogen-bond donors (Lipinski definition) is 1. The number of benzene rings is 2. The Morgan fingerprint density at radius 2 is 1.73 bits per heavy atom. The van der Waals surface area contributed by atoms with E-state index in [-0.39, 0.29) is 0 Å². The van der Waals surface area contributed by atoms with Gasteiger partial charge in [0.05, 0.1) is 0 Å². The zero-order chi connectivity index (χ0) is 16.2. The molecule has 0 atom stereocenters. The number of anilines is 1. The Hall–Kier alpha value is -2.01. The van der Waals surface area contributed by atoms with Crippen molar-refractivity contribution in [3.05, 3.63) is 53.0 Å². The fraction of sp³-hybridized carbons (Fsp3) is 0.235. The molecule has 0 fully saturated rings. The number of ether oxygens (including phenoxy) is 2. The van der Waals surface area contributed by atoms with Crippen molar-refractivity contribution >= 4 is 27.7 Å². The van der Waals surface area contributed by atoms with Gasteiger partial charge in [0.15, 0.2) is 0 Å². The van der Waals surface area contributed by atoms with E-state index >= 15 is 0 Å². The van der Waals surface area contributed by atoms with Gasteiger partial charge in [0.2, 0.25) is 0 Å². The van der Waals surface area contributed by atoms with Crippen LogP contribution in [0.15, 0.2) is 53.0 Å². The smallest absolute Gasteiger partial charge is 0.412 e. The molecule has 0 unspecified atom stereocenters. The van der Waals surface area contributed by atoms with Crippen LogP contribution in [0.2, 0.25) is 0 Å². The highest BCUT2D eigenvalue weighted by atomic mass is 79.9. The van der Waals surface area contributed by atoms with Crippen LogP contribution in [0, 0.1) is 0 Å². The molecule has 2 rings (SSSR count). The van der Waals surface area contributed by atoms with Gasteiger partial charge in [0.25, 0.3) is 0 Å². The third kappa shape index (κ3) is 5.41. The number of carbonyl (C=O) groups is 1. The molecule has 22 heavy (non-hydrogen) atoms. The fourth-order valence-electron chi connectivity index (χ4n) is 1.70. The SMILES string of the molecule is CC(C)(C)OC(=O)Nc1cccc(Oc2ccc(Br)cc2)c1. The zero-order valence-electron chi connectivity index (χ0n) is 12.7. The first-order valence-electron chi connectivity index (χ1n) is 6.85. The Bertz CT molecular complexity index is 648. The van der Waals surface area contributed by atoms with Crippen LogP contribution < -0.4 is 10.1 Å². The van der Waals surface area contributed by atoms with Gasteiger partial charge in [-0.1, -0.05) is 22.0 Å². The van der Waals surface area contributed by atoms with Gasteiger partial charge in [0, 0.05) is 16.2 Å². The molecule has 0 aromatic heterocycles. The summed E-state index contributed by atoms with van der Waals surface area (Å²) in [6.45, 7) is 5.46. The standard InChI is InChI=1S/C17H18BrNO3/c1-17(2,3)22-16(20)19-13-5-4-6-15(11-13)21-14-9-7-12(18)8-10-14/h4-11H,1-3H3,(H,19,20). The summed E-state index contributed by atoms with van der Waals surface area (Å²) in [6, 6.07) is 14.7. The van der Waals surface area contributed by atoms with Crippen LogP contribution in [0.25, 0.3) is 0 Å². The number of nitrogens with one attached hydrogen (secondary N) is 1. The maximum absolute atomic E-state index is 11.8. The third-order valence-corrected chi connectivity index (χ3v) is 3.06. The van der Waals surface area contributed by atoms with Crippen molar-refractivity contribution < 1.29 is 14.3 Å². The van der Waals surface area contributed by atoms with Crippen LogP contribution in [-0.2, 0) is 4.74 Å². The maximum Gasteiger partial charge on any atom is 0.412 e.